The molecule has 0 spiro atoms. The van der Waals surface area contributed by atoms with Gasteiger partial charge < -0.3 is 36.8 Å². The van der Waals surface area contributed by atoms with Crippen molar-refractivity contribution in [1.29, 1.82) is 0 Å². The van der Waals surface area contributed by atoms with Crippen molar-refractivity contribution in [2.45, 2.75) is 118 Å². The Kier molecular flexibility index (Phi) is 19.6. The van der Waals surface area contributed by atoms with E-state index in [0.717, 1.165) is 5.56 Å². The van der Waals surface area contributed by atoms with Crippen LogP contribution in [-0.4, -0.2) is 82.0 Å². The number of hydrogen-bond donors (Lipinski definition) is 7. The molecule has 300 valence electrons. The number of hydrogen-bond acceptors (Lipinski definition) is 8. The van der Waals surface area contributed by atoms with Crippen molar-refractivity contribution in [2.24, 2.45) is 23.7 Å². The van der Waals surface area contributed by atoms with Crippen molar-refractivity contribution in [1.82, 2.24) is 26.6 Å². The average molecular weight is 770 g/mol. The maximum atomic E-state index is 13.8. The minimum absolute atomic E-state index is 0.0291. The SMILES string of the molecule is CSCC[C@H](NC(=O)[C@@H](NC(=O)c1cccc(O)c1C)C(C)C)C(=O)N[C@@H](CC(C)C)[C@@H](O)C[C@@H](C)C(=O)N[C@@H](CC(C)C)C(=O)NCc1ccccc1. The number of aliphatic hydroxyl groups excluding tert-OH is 1. The summed E-state index contributed by atoms with van der Waals surface area (Å²) in [6, 6.07) is 10.7. The van der Waals surface area contributed by atoms with Gasteiger partial charge in [0.05, 0.1) is 12.1 Å². The Balaban J connectivity index is 2.15. The number of aliphatic hydroxyl groups is 1. The molecule has 0 saturated heterocycles. The minimum atomic E-state index is -1.10. The highest BCUT2D eigenvalue weighted by atomic mass is 32.2. The molecule has 0 saturated carbocycles. The lowest BCUT2D eigenvalue weighted by molar-refractivity contribution is -0.132. The molecule has 12 nitrogen and oxygen atoms in total. The molecule has 2 aromatic rings. The Morgan fingerprint density at radius 1 is 0.704 bits per heavy atom. The number of amides is 5. The van der Waals surface area contributed by atoms with Gasteiger partial charge in [-0.2, -0.15) is 11.8 Å². The third-order valence-electron chi connectivity index (χ3n) is 9.24. The first kappa shape index (κ1) is 46.1. The zero-order valence-corrected chi connectivity index (χ0v) is 34.2. The van der Waals surface area contributed by atoms with E-state index in [-0.39, 0.29) is 47.3 Å². The van der Waals surface area contributed by atoms with Gasteiger partial charge in [-0.15, -0.1) is 0 Å². The highest BCUT2D eigenvalue weighted by Crippen LogP contribution is 2.21. The summed E-state index contributed by atoms with van der Waals surface area (Å²) in [6.07, 6.45) is 1.97. The van der Waals surface area contributed by atoms with Gasteiger partial charge in [0.25, 0.3) is 5.91 Å². The molecular weight excluding hydrogens is 707 g/mol. The molecule has 0 aliphatic heterocycles. The van der Waals surface area contributed by atoms with E-state index in [1.807, 2.05) is 64.3 Å². The predicted molar refractivity (Wildman–Crippen MR) is 215 cm³/mol. The zero-order valence-electron chi connectivity index (χ0n) is 33.4. The van der Waals surface area contributed by atoms with Crippen LogP contribution in [0.2, 0.25) is 0 Å². The lowest BCUT2D eigenvalue weighted by atomic mass is 9.91. The average Bonchev–Trinajstić information content (AvgIpc) is 3.11. The van der Waals surface area contributed by atoms with Crippen LogP contribution in [0.1, 0.15) is 95.6 Å². The number of aromatic hydroxyl groups is 1. The van der Waals surface area contributed by atoms with Crippen LogP contribution in [0.25, 0.3) is 0 Å². The molecule has 5 amide bonds. The van der Waals surface area contributed by atoms with Crippen LogP contribution in [0, 0.1) is 30.6 Å². The second kappa shape index (κ2) is 23.0. The quantitative estimate of drug-likeness (QED) is 0.0916. The number of phenols is 1. The van der Waals surface area contributed by atoms with Gasteiger partial charge in [0, 0.05) is 23.6 Å². The van der Waals surface area contributed by atoms with E-state index in [0.29, 0.717) is 37.1 Å². The predicted octanol–water partition coefficient (Wildman–Crippen LogP) is 4.46. The third-order valence-corrected chi connectivity index (χ3v) is 9.88. The molecular formula is C41H63N5O7S. The first-order chi connectivity index (χ1) is 25.4. The molecule has 0 aliphatic rings. The third kappa shape index (κ3) is 15.3. The van der Waals surface area contributed by atoms with E-state index in [9.17, 15) is 34.2 Å². The Hall–Kier alpha value is -4.10. The van der Waals surface area contributed by atoms with Crippen molar-refractivity contribution in [3.8, 4) is 5.75 Å². The largest absolute Gasteiger partial charge is 0.508 e. The molecule has 0 fully saturated rings. The molecule has 7 N–H and O–H groups in total. The Bertz CT molecular complexity index is 1520. The molecule has 2 rings (SSSR count). The molecule has 13 heteroatoms. The maximum Gasteiger partial charge on any atom is 0.252 e. The van der Waals surface area contributed by atoms with Crippen molar-refractivity contribution < 1.29 is 34.2 Å². The summed E-state index contributed by atoms with van der Waals surface area (Å²) < 4.78 is 0. The van der Waals surface area contributed by atoms with Gasteiger partial charge in [-0.1, -0.05) is 84.9 Å². The Morgan fingerprint density at radius 3 is 1.93 bits per heavy atom. The smallest absolute Gasteiger partial charge is 0.252 e. The fourth-order valence-corrected chi connectivity index (χ4v) is 6.52. The zero-order chi connectivity index (χ0) is 40.5. The monoisotopic (exact) mass is 769 g/mol. The summed E-state index contributed by atoms with van der Waals surface area (Å²) in [5.41, 5.74) is 1.56. The van der Waals surface area contributed by atoms with Crippen LogP contribution < -0.4 is 26.6 Å². The highest BCUT2D eigenvalue weighted by Gasteiger charge is 2.33. The van der Waals surface area contributed by atoms with Crippen LogP contribution in [-0.2, 0) is 25.7 Å². The van der Waals surface area contributed by atoms with Gasteiger partial charge in [-0.3, -0.25) is 24.0 Å². The molecule has 54 heavy (non-hydrogen) atoms. The normalized spacial score (nSPS) is 14.8. The van der Waals surface area contributed by atoms with Gasteiger partial charge in [0.2, 0.25) is 23.6 Å². The van der Waals surface area contributed by atoms with E-state index in [4.69, 9.17) is 0 Å². The number of rotatable bonds is 22. The molecule has 0 aromatic heterocycles. The van der Waals surface area contributed by atoms with Crippen LogP contribution in [0.4, 0.5) is 0 Å². The fraction of sp³-hybridized carbons (Fsp3) is 0.585. The maximum absolute atomic E-state index is 13.8. The lowest BCUT2D eigenvalue weighted by Gasteiger charge is -2.30. The van der Waals surface area contributed by atoms with Gasteiger partial charge in [0.1, 0.15) is 23.9 Å². The van der Waals surface area contributed by atoms with E-state index in [1.54, 1.807) is 39.8 Å². The summed E-state index contributed by atoms with van der Waals surface area (Å²) in [7, 11) is 0. The first-order valence-electron chi connectivity index (χ1n) is 18.9. The lowest BCUT2D eigenvalue weighted by Crippen LogP contribution is -2.57. The standard InChI is InChI=1S/C41H63N5O7S/c1-24(2)20-32(35(48)22-27(7)37(49)45-33(21-25(3)4)39(51)42-23-29-14-11-10-12-15-29)44-40(52)31(18-19-54-9)43-41(53)36(26(5)6)46-38(50)30-16-13-17-34(47)28(30)8/h10-17,24-27,31-33,35-36,47-48H,18-23H2,1-9H3,(H,42,51)(H,43,53)(H,44,52)(H,45,49)(H,46,50)/t27-,31+,32+,33+,35+,36+/m1/s1. The molecule has 0 unspecified atom stereocenters. The Labute approximate surface area is 325 Å². The molecule has 0 radical (unpaired) electrons. The minimum Gasteiger partial charge on any atom is -0.508 e. The molecule has 0 bridgehead atoms. The summed E-state index contributed by atoms with van der Waals surface area (Å²) in [5.74, 6) is -2.47. The molecule has 6 atom stereocenters. The molecule has 0 heterocycles. The van der Waals surface area contributed by atoms with Crippen molar-refractivity contribution in [3.63, 3.8) is 0 Å². The topological polar surface area (TPSA) is 186 Å². The number of benzene rings is 2. The van der Waals surface area contributed by atoms with Crippen LogP contribution in [0.3, 0.4) is 0 Å². The highest BCUT2D eigenvalue weighted by molar-refractivity contribution is 7.98. The van der Waals surface area contributed by atoms with Crippen LogP contribution in [0.5, 0.6) is 5.75 Å². The van der Waals surface area contributed by atoms with Crippen LogP contribution >= 0.6 is 11.8 Å². The van der Waals surface area contributed by atoms with E-state index in [2.05, 4.69) is 26.6 Å². The van der Waals surface area contributed by atoms with E-state index < -0.39 is 53.9 Å². The Morgan fingerprint density at radius 2 is 1.33 bits per heavy atom. The van der Waals surface area contributed by atoms with Crippen molar-refractivity contribution >= 4 is 41.3 Å². The summed E-state index contributed by atoms with van der Waals surface area (Å²) in [4.78, 5) is 67.1. The fourth-order valence-electron chi connectivity index (χ4n) is 6.05. The second-order valence-corrected chi connectivity index (χ2v) is 16.3. The van der Waals surface area contributed by atoms with E-state index >= 15 is 0 Å². The number of carbonyl (C=O) groups is 5. The molecule has 0 aliphatic carbocycles. The second-order valence-electron chi connectivity index (χ2n) is 15.3. The number of thioether (sulfide) groups is 1. The summed E-state index contributed by atoms with van der Waals surface area (Å²) in [6.45, 7) is 15.1. The van der Waals surface area contributed by atoms with Gasteiger partial charge >= 0.3 is 0 Å². The first-order valence-corrected chi connectivity index (χ1v) is 20.3. The van der Waals surface area contributed by atoms with Crippen molar-refractivity contribution in [3.05, 3.63) is 65.2 Å². The number of carbonyl (C=O) groups excluding carboxylic acids is 5. The molecule has 2 aromatic carbocycles. The number of phenolic OH excluding ortho intramolecular Hbond substituents is 1. The van der Waals surface area contributed by atoms with Crippen molar-refractivity contribution in [2.75, 3.05) is 12.0 Å². The summed E-state index contributed by atoms with van der Waals surface area (Å²) >= 11 is 1.51. The number of nitrogens with one attached hydrogen (secondary N) is 5. The van der Waals surface area contributed by atoms with Crippen LogP contribution in [0.15, 0.2) is 48.5 Å². The van der Waals surface area contributed by atoms with Gasteiger partial charge in [0.15, 0.2) is 0 Å². The van der Waals surface area contributed by atoms with Gasteiger partial charge in [-0.05, 0) is 80.1 Å². The van der Waals surface area contributed by atoms with Gasteiger partial charge in [-0.25, -0.2) is 0 Å². The summed E-state index contributed by atoms with van der Waals surface area (Å²) in [5, 5.41) is 35.9. The van der Waals surface area contributed by atoms with E-state index in [1.165, 1.54) is 17.8 Å².